The summed E-state index contributed by atoms with van der Waals surface area (Å²) in [5.41, 5.74) is 7.86. The van der Waals surface area contributed by atoms with Crippen LogP contribution in [0.2, 0.25) is 0 Å². The predicted octanol–water partition coefficient (Wildman–Crippen LogP) is 5.06. The molecule has 0 amide bonds. The lowest BCUT2D eigenvalue weighted by atomic mass is 10.3. The van der Waals surface area contributed by atoms with Gasteiger partial charge in [0.25, 0.3) is 0 Å². The Hall–Kier alpha value is -3.44. The van der Waals surface area contributed by atoms with Crippen molar-refractivity contribution in [2.45, 2.75) is 13.0 Å². The number of aromatic nitrogens is 4. The van der Waals surface area contributed by atoms with Gasteiger partial charge in [-0.1, -0.05) is 0 Å². The molecule has 0 saturated carbocycles. The second kappa shape index (κ2) is 6.94. The molecule has 5 heteroatoms. The second-order valence-electron chi connectivity index (χ2n) is 7.05. The number of nitrogens with zero attached hydrogens (tertiary/aromatic N) is 2. The SMILES string of the molecule is C1=Cc2cc3ccc(cc4ccc(cc5nc(cc1n2)C=C5)[nH]4)[nH]3.CC1CO1. The smallest absolute Gasteiger partial charge is 0.0781 e. The maximum atomic E-state index is 4.71. The Kier molecular flexibility index (Phi) is 4.14. The number of fused-ring (bicyclic) bond motifs is 8. The van der Waals surface area contributed by atoms with Gasteiger partial charge in [-0.25, -0.2) is 9.97 Å². The summed E-state index contributed by atoms with van der Waals surface area (Å²) in [6, 6.07) is 16.4. The summed E-state index contributed by atoms with van der Waals surface area (Å²) >= 11 is 0. The summed E-state index contributed by atoms with van der Waals surface area (Å²) in [5.74, 6) is 0. The molecule has 3 aromatic rings. The van der Waals surface area contributed by atoms with Crippen molar-refractivity contribution in [1.29, 1.82) is 0 Å². The predicted molar refractivity (Wildman–Crippen MR) is 114 cm³/mol. The fourth-order valence-electron chi connectivity index (χ4n) is 3.04. The zero-order valence-electron chi connectivity index (χ0n) is 15.5. The van der Waals surface area contributed by atoms with E-state index in [1.54, 1.807) is 0 Å². The van der Waals surface area contributed by atoms with Gasteiger partial charge in [0.1, 0.15) is 0 Å². The third kappa shape index (κ3) is 3.94. The summed E-state index contributed by atoms with van der Waals surface area (Å²) in [6.45, 7) is 3.04. The third-order valence-corrected chi connectivity index (χ3v) is 4.54. The van der Waals surface area contributed by atoms with Crippen LogP contribution in [0.3, 0.4) is 0 Å². The zero-order chi connectivity index (χ0) is 18.9. The molecule has 1 saturated heterocycles. The van der Waals surface area contributed by atoms with E-state index >= 15 is 0 Å². The van der Waals surface area contributed by atoms with Gasteiger partial charge in [0.2, 0.25) is 0 Å². The highest BCUT2D eigenvalue weighted by atomic mass is 16.6. The molecule has 0 aromatic carbocycles. The fourth-order valence-corrected chi connectivity index (χ4v) is 3.04. The van der Waals surface area contributed by atoms with E-state index in [1.165, 1.54) is 0 Å². The highest BCUT2D eigenvalue weighted by Gasteiger charge is 2.13. The first-order valence-electron chi connectivity index (χ1n) is 9.36. The van der Waals surface area contributed by atoms with Crippen LogP contribution in [0.15, 0.2) is 48.5 Å². The number of rotatable bonds is 0. The monoisotopic (exact) mass is 368 g/mol. The van der Waals surface area contributed by atoms with Crippen LogP contribution in [-0.2, 0) is 4.74 Å². The van der Waals surface area contributed by atoms with Crippen LogP contribution in [-0.4, -0.2) is 32.6 Å². The average Bonchev–Trinajstić information content (AvgIpc) is 3.15. The van der Waals surface area contributed by atoms with Gasteiger partial charge in [0, 0.05) is 22.1 Å². The highest BCUT2D eigenvalue weighted by molar-refractivity contribution is 5.77. The Morgan fingerprint density at radius 3 is 1.43 bits per heavy atom. The number of hydrogen-bond acceptors (Lipinski definition) is 3. The van der Waals surface area contributed by atoms with Gasteiger partial charge in [-0.15, -0.1) is 0 Å². The van der Waals surface area contributed by atoms with Crippen molar-refractivity contribution < 1.29 is 4.74 Å². The molecule has 6 rings (SSSR count). The normalized spacial score (nSPS) is 16.5. The Morgan fingerprint density at radius 2 is 1.04 bits per heavy atom. The van der Waals surface area contributed by atoms with Crippen LogP contribution in [0.25, 0.3) is 46.4 Å². The molecule has 1 fully saturated rings. The van der Waals surface area contributed by atoms with Crippen LogP contribution >= 0.6 is 0 Å². The molecule has 1 atom stereocenters. The van der Waals surface area contributed by atoms with Gasteiger partial charge in [-0.2, -0.15) is 0 Å². The van der Waals surface area contributed by atoms with Crippen LogP contribution in [0, 0.1) is 0 Å². The second-order valence-corrected chi connectivity index (χ2v) is 7.05. The van der Waals surface area contributed by atoms with E-state index in [-0.39, 0.29) is 0 Å². The first-order valence-corrected chi connectivity index (χ1v) is 9.36. The molecule has 138 valence electrons. The first kappa shape index (κ1) is 16.7. The van der Waals surface area contributed by atoms with E-state index in [4.69, 9.17) is 4.74 Å². The van der Waals surface area contributed by atoms with Crippen LogP contribution in [0.5, 0.6) is 0 Å². The van der Waals surface area contributed by atoms with Gasteiger partial charge < -0.3 is 14.7 Å². The maximum Gasteiger partial charge on any atom is 0.0781 e. The van der Waals surface area contributed by atoms with Gasteiger partial charge in [-0.3, -0.25) is 0 Å². The van der Waals surface area contributed by atoms with Gasteiger partial charge in [0.15, 0.2) is 0 Å². The minimum atomic E-state index is 0.583. The Labute approximate surface area is 162 Å². The number of ether oxygens (including phenoxy) is 1. The van der Waals surface area contributed by atoms with E-state index in [0.29, 0.717) is 6.10 Å². The van der Waals surface area contributed by atoms with Gasteiger partial charge in [-0.05, 0) is 79.8 Å². The minimum absolute atomic E-state index is 0.583. The molecule has 0 aliphatic carbocycles. The minimum Gasteiger partial charge on any atom is -0.373 e. The molecule has 0 spiro atoms. The fraction of sp³-hybridized carbons (Fsp3) is 0.130. The number of aromatic amines is 2. The molecule has 6 heterocycles. The molecule has 2 N–H and O–H groups in total. The first-order chi connectivity index (χ1) is 13.7. The zero-order valence-corrected chi connectivity index (χ0v) is 15.5. The Balaban J connectivity index is 0.000000382. The number of epoxide rings is 1. The molecule has 3 aliphatic heterocycles. The molecule has 3 aliphatic rings. The van der Waals surface area contributed by atoms with Crippen molar-refractivity contribution in [1.82, 2.24) is 19.9 Å². The summed E-state index contributed by atoms with van der Waals surface area (Å²) in [6.07, 6.45) is 8.63. The van der Waals surface area contributed by atoms with Gasteiger partial charge in [0.05, 0.1) is 35.5 Å². The number of H-pyrrole nitrogens is 2. The molecule has 0 radical (unpaired) electrons. The lowest BCUT2D eigenvalue weighted by molar-refractivity contribution is 0.423. The average molecular weight is 368 g/mol. The third-order valence-electron chi connectivity index (χ3n) is 4.54. The lowest BCUT2D eigenvalue weighted by Gasteiger charge is -1.86. The van der Waals surface area contributed by atoms with E-state index < -0.39 is 0 Å². The molecule has 1 unspecified atom stereocenters. The molecular weight excluding hydrogens is 348 g/mol. The van der Waals surface area contributed by atoms with Crippen molar-refractivity contribution in [3.63, 3.8) is 0 Å². The molecule has 3 aromatic heterocycles. The van der Waals surface area contributed by atoms with E-state index in [1.807, 2.05) is 42.5 Å². The van der Waals surface area contributed by atoms with Crippen LogP contribution < -0.4 is 0 Å². The van der Waals surface area contributed by atoms with E-state index in [9.17, 15) is 0 Å². The quantitative estimate of drug-likeness (QED) is 0.375. The van der Waals surface area contributed by atoms with Crippen molar-refractivity contribution in [2.24, 2.45) is 0 Å². The molecule has 8 bridgehead atoms. The van der Waals surface area contributed by atoms with Crippen LogP contribution in [0.4, 0.5) is 0 Å². The van der Waals surface area contributed by atoms with E-state index in [0.717, 1.165) is 51.4 Å². The van der Waals surface area contributed by atoms with Crippen molar-refractivity contribution in [3.8, 4) is 0 Å². The summed E-state index contributed by atoms with van der Waals surface area (Å²) in [7, 11) is 0. The summed E-state index contributed by atoms with van der Waals surface area (Å²) in [5, 5.41) is 0. The largest absolute Gasteiger partial charge is 0.373 e. The summed E-state index contributed by atoms with van der Waals surface area (Å²) < 4.78 is 4.71. The molecule has 5 nitrogen and oxygen atoms in total. The standard InChI is InChI=1S/C20H14N4.C3H6O/c1-2-14-10-16-5-6-18(23-16)12-20-8-7-19(24-20)11-17-4-3-15(22-17)9-13(1)21-14;1-3-2-4-3/h1-12,21-22H;3H,2H2,1H3. The van der Waals surface area contributed by atoms with Crippen molar-refractivity contribution in [2.75, 3.05) is 6.61 Å². The topological polar surface area (TPSA) is 69.9 Å². The van der Waals surface area contributed by atoms with Crippen molar-refractivity contribution >= 4 is 46.4 Å². The molecule has 28 heavy (non-hydrogen) atoms. The number of hydrogen-bond donors (Lipinski definition) is 2. The Morgan fingerprint density at radius 1 is 0.679 bits per heavy atom. The Bertz CT molecular complexity index is 1150. The van der Waals surface area contributed by atoms with E-state index in [2.05, 4.69) is 57.2 Å². The van der Waals surface area contributed by atoms with Crippen molar-refractivity contribution in [3.05, 3.63) is 71.3 Å². The maximum absolute atomic E-state index is 4.71. The lowest BCUT2D eigenvalue weighted by Crippen LogP contribution is -1.77. The van der Waals surface area contributed by atoms with Gasteiger partial charge >= 0.3 is 0 Å². The number of nitrogens with one attached hydrogen (secondary N) is 2. The summed E-state index contributed by atoms with van der Waals surface area (Å²) in [4.78, 5) is 16.0. The highest BCUT2D eigenvalue weighted by Crippen LogP contribution is 2.17. The van der Waals surface area contributed by atoms with Crippen LogP contribution in [0.1, 0.15) is 29.7 Å². The molecular formula is C23H20N4O.